The van der Waals surface area contributed by atoms with E-state index in [0.717, 1.165) is 0 Å². The van der Waals surface area contributed by atoms with E-state index < -0.39 is 0 Å². The number of anilines is 3. The predicted molar refractivity (Wildman–Crippen MR) is 101 cm³/mol. The van der Waals surface area contributed by atoms with Gasteiger partial charge < -0.3 is 20.7 Å². The molecule has 0 unspecified atom stereocenters. The minimum Gasteiger partial charge on any atom is -0.494 e. The summed E-state index contributed by atoms with van der Waals surface area (Å²) in [5, 5.41) is 7.99. The Hall–Kier alpha value is -3.35. The molecule has 26 heavy (non-hydrogen) atoms. The zero-order valence-electron chi connectivity index (χ0n) is 14.9. The van der Waals surface area contributed by atoms with Gasteiger partial charge in [-0.15, -0.1) is 0 Å². The number of rotatable bonds is 6. The van der Waals surface area contributed by atoms with Gasteiger partial charge in [0.15, 0.2) is 0 Å². The molecule has 7 heteroatoms. The Morgan fingerprint density at radius 3 is 1.81 bits per heavy atom. The molecule has 0 fully saturated rings. The Labute approximate surface area is 151 Å². The van der Waals surface area contributed by atoms with E-state index in [1.54, 1.807) is 30.3 Å². The number of ether oxygens (including phenoxy) is 1. The number of benzene rings is 2. The lowest BCUT2D eigenvalue weighted by Crippen LogP contribution is -2.15. The maximum Gasteiger partial charge on any atom is 0.255 e. The Morgan fingerprint density at radius 1 is 0.808 bits per heavy atom. The summed E-state index contributed by atoms with van der Waals surface area (Å²) >= 11 is 0. The first kappa shape index (κ1) is 19.0. The number of hydrogen-bond donors (Lipinski definition) is 3. The monoisotopic (exact) mass is 355 g/mol. The second-order valence-corrected chi connectivity index (χ2v) is 5.57. The van der Waals surface area contributed by atoms with E-state index in [2.05, 4.69) is 16.0 Å². The topological polar surface area (TPSA) is 96.5 Å². The Morgan fingerprint density at radius 2 is 1.35 bits per heavy atom. The molecule has 0 aliphatic heterocycles. The van der Waals surface area contributed by atoms with Crippen LogP contribution in [0.15, 0.2) is 42.5 Å². The van der Waals surface area contributed by atoms with Crippen LogP contribution < -0.4 is 20.7 Å². The Balaban J connectivity index is 2.22. The van der Waals surface area contributed by atoms with E-state index in [0.29, 0.717) is 35.0 Å². The third-order valence-corrected chi connectivity index (χ3v) is 3.26. The molecule has 2 rings (SSSR count). The number of carbonyl (C=O) groups is 3. The molecule has 7 nitrogen and oxygen atoms in total. The van der Waals surface area contributed by atoms with Crippen LogP contribution in [-0.4, -0.2) is 24.3 Å². The summed E-state index contributed by atoms with van der Waals surface area (Å²) in [5.74, 6) is -0.204. The fourth-order valence-corrected chi connectivity index (χ4v) is 2.31. The lowest BCUT2D eigenvalue weighted by atomic mass is 10.1. The fourth-order valence-electron chi connectivity index (χ4n) is 2.31. The van der Waals surface area contributed by atoms with E-state index in [1.165, 1.54) is 26.0 Å². The molecule has 3 N–H and O–H groups in total. The SMILES string of the molecule is CCOc1ccc(NC(=O)c2cc(NC(C)=O)cc(NC(C)=O)c2)cc1. The highest BCUT2D eigenvalue weighted by Gasteiger charge is 2.11. The van der Waals surface area contributed by atoms with Crippen LogP contribution >= 0.6 is 0 Å². The zero-order chi connectivity index (χ0) is 19.1. The first-order valence-corrected chi connectivity index (χ1v) is 8.12. The van der Waals surface area contributed by atoms with Gasteiger partial charge in [-0.2, -0.15) is 0 Å². The first-order chi connectivity index (χ1) is 12.4. The molecule has 0 heterocycles. The summed E-state index contributed by atoms with van der Waals surface area (Å²) < 4.78 is 5.36. The van der Waals surface area contributed by atoms with Gasteiger partial charge in [0.2, 0.25) is 11.8 Å². The predicted octanol–water partition coefficient (Wildman–Crippen LogP) is 3.25. The van der Waals surface area contributed by atoms with Crippen LogP contribution in [0.1, 0.15) is 31.1 Å². The van der Waals surface area contributed by atoms with Crippen molar-refractivity contribution in [1.29, 1.82) is 0 Å². The third-order valence-electron chi connectivity index (χ3n) is 3.26. The van der Waals surface area contributed by atoms with Gasteiger partial charge in [0.25, 0.3) is 5.91 Å². The van der Waals surface area contributed by atoms with E-state index in [-0.39, 0.29) is 17.7 Å². The second kappa shape index (κ2) is 8.66. The summed E-state index contributed by atoms with van der Waals surface area (Å²) in [6, 6.07) is 11.6. The van der Waals surface area contributed by atoms with Crippen LogP contribution in [0.2, 0.25) is 0 Å². The molecule has 0 aliphatic rings. The van der Waals surface area contributed by atoms with Crippen molar-refractivity contribution >= 4 is 34.8 Å². The van der Waals surface area contributed by atoms with Crippen LogP contribution in [0.3, 0.4) is 0 Å². The number of amides is 3. The van der Waals surface area contributed by atoms with Crippen LogP contribution in [0, 0.1) is 0 Å². The molecule has 136 valence electrons. The normalized spacial score (nSPS) is 9.96. The molecule has 0 aromatic heterocycles. The fraction of sp³-hybridized carbons (Fsp3) is 0.211. The highest BCUT2D eigenvalue weighted by atomic mass is 16.5. The van der Waals surface area contributed by atoms with Crippen molar-refractivity contribution in [2.75, 3.05) is 22.6 Å². The molecule has 0 saturated carbocycles. The quantitative estimate of drug-likeness (QED) is 0.741. The van der Waals surface area contributed by atoms with Gasteiger partial charge in [0, 0.05) is 36.5 Å². The van der Waals surface area contributed by atoms with Crippen molar-refractivity contribution in [2.24, 2.45) is 0 Å². The number of carbonyl (C=O) groups excluding carboxylic acids is 3. The lowest BCUT2D eigenvalue weighted by Gasteiger charge is -2.11. The summed E-state index contributed by atoms with van der Waals surface area (Å²) in [6.07, 6.45) is 0. The molecule has 2 aromatic carbocycles. The van der Waals surface area contributed by atoms with Crippen LogP contribution in [0.4, 0.5) is 17.1 Å². The maximum absolute atomic E-state index is 12.5. The summed E-state index contributed by atoms with van der Waals surface area (Å²) in [6.45, 7) is 5.19. The minimum absolute atomic E-state index is 0.275. The highest BCUT2D eigenvalue weighted by molar-refractivity contribution is 6.06. The zero-order valence-corrected chi connectivity index (χ0v) is 14.9. The van der Waals surface area contributed by atoms with E-state index in [1.807, 2.05) is 6.92 Å². The van der Waals surface area contributed by atoms with Crippen LogP contribution in [-0.2, 0) is 9.59 Å². The largest absolute Gasteiger partial charge is 0.494 e. The molecular formula is C19H21N3O4. The van der Waals surface area contributed by atoms with Gasteiger partial charge >= 0.3 is 0 Å². The molecular weight excluding hydrogens is 334 g/mol. The Bertz CT molecular complexity index is 782. The highest BCUT2D eigenvalue weighted by Crippen LogP contribution is 2.21. The van der Waals surface area contributed by atoms with Gasteiger partial charge in [-0.3, -0.25) is 14.4 Å². The molecule has 0 bridgehead atoms. The van der Waals surface area contributed by atoms with Crippen molar-refractivity contribution in [2.45, 2.75) is 20.8 Å². The van der Waals surface area contributed by atoms with Crippen molar-refractivity contribution < 1.29 is 19.1 Å². The van der Waals surface area contributed by atoms with Gasteiger partial charge in [-0.1, -0.05) is 0 Å². The third kappa shape index (κ3) is 5.62. The van der Waals surface area contributed by atoms with Gasteiger partial charge in [-0.25, -0.2) is 0 Å². The molecule has 0 aliphatic carbocycles. The first-order valence-electron chi connectivity index (χ1n) is 8.12. The van der Waals surface area contributed by atoms with E-state index in [9.17, 15) is 14.4 Å². The standard InChI is InChI=1S/C19H21N3O4/c1-4-26-18-7-5-15(6-8-18)22-19(25)14-9-16(20-12(2)23)11-17(10-14)21-13(3)24/h5-11H,4H2,1-3H3,(H,20,23)(H,21,24)(H,22,25). The van der Waals surface area contributed by atoms with Crippen molar-refractivity contribution in [1.82, 2.24) is 0 Å². The summed E-state index contributed by atoms with van der Waals surface area (Å²) in [4.78, 5) is 35.1. The molecule has 0 radical (unpaired) electrons. The summed E-state index contributed by atoms with van der Waals surface area (Å²) in [5.41, 5.74) is 1.74. The maximum atomic E-state index is 12.5. The average Bonchev–Trinajstić information content (AvgIpc) is 2.55. The average molecular weight is 355 g/mol. The smallest absolute Gasteiger partial charge is 0.255 e. The molecule has 2 aromatic rings. The van der Waals surface area contributed by atoms with Gasteiger partial charge in [0.05, 0.1) is 6.61 Å². The van der Waals surface area contributed by atoms with Crippen molar-refractivity contribution in [3.05, 3.63) is 48.0 Å². The van der Waals surface area contributed by atoms with Gasteiger partial charge in [-0.05, 0) is 49.4 Å². The van der Waals surface area contributed by atoms with Crippen molar-refractivity contribution in [3.8, 4) is 5.75 Å². The van der Waals surface area contributed by atoms with Crippen LogP contribution in [0.25, 0.3) is 0 Å². The Kier molecular flexibility index (Phi) is 6.32. The van der Waals surface area contributed by atoms with E-state index in [4.69, 9.17) is 4.74 Å². The molecule has 0 atom stereocenters. The second-order valence-electron chi connectivity index (χ2n) is 5.57. The van der Waals surface area contributed by atoms with Crippen molar-refractivity contribution in [3.63, 3.8) is 0 Å². The molecule has 3 amide bonds. The molecule has 0 saturated heterocycles. The number of hydrogen-bond acceptors (Lipinski definition) is 4. The number of nitrogens with one attached hydrogen (secondary N) is 3. The van der Waals surface area contributed by atoms with Gasteiger partial charge in [0.1, 0.15) is 5.75 Å². The van der Waals surface area contributed by atoms with Crippen LogP contribution in [0.5, 0.6) is 5.75 Å². The summed E-state index contributed by atoms with van der Waals surface area (Å²) in [7, 11) is 0. The lowest BCUT2D eigenvalue weighted by molar-refractivity contribution is -0.115. The minimum atomic E-state index is -0.368. The molecule has 0 spiro atoms. The van der Waals surface area contributed by atoms with E-state index >= 15 is 0 Å².